The largest absolute Gasteiger partial charge is 0.340 e. The van der Waals surface area contributed by atoms with Gasteiger partial charge in [-0.15, -0.1) is 0 Å². The minimum Gasteiger partial charge on any atom is -0.340 e. The third-order valence-electron chi connectivity index (χ3n) is 2.85. The first-order chi connectivity index (χ1) is 9.09. The maximum absolute atomic E-state index is 12.3. The first kappa shape index (κ1) is 12.1. The van der Waals surface area contributed by atoms with Crippen LogP contribution in [0.3, 0.4) is 0 Å². The van der Waals surface area contributed by atoms with Gasteiger partial charge in [0.1, 0.15) is 16.3 Å². The van der Waals surface area contributed by atoms with Crippen LogP contribution in [0.5, 0.6) is 0 Å². The predicted octanol–water partition coefficient (Wildman–Crippen LogP) is 1.72. The fourth-order valence-corrected chi connectivity index (χ4v) is 2.61. The van der Waals surface area contributed by atoms with E-state index in [1.54, 1.807) is 0 Å². The molecule has 19 heavy (non-hydrogen) atoms. The molecule has 0 atom stereocenters. The number of rotatable bonds is 2. The first-order valence-corrected chi connectivity index (χ1v) is 6.53. The Balaban J connectivity index is 2.31. The Kier molecular flexibility index (Phi) is 2.74. The smallest absolute Gasteiger partial charge is 0.287 e. The van der Waals surface area contributed by atoms with Crippen LogP contribution in [0, 0.1) is 0 Å². The molecule has 98 valence electrons. The highest BCUT2D eigenvalue weighted by Crippen LogP contribution is 2.21. The standard InChI is InChI=1S/C11H11BrN6O/c1-5(2)7-6(12)11(19)18(17-7)10-8-9(14-3-13-8)15-4-16-10/h3-5,17H,1-2H3,(H,13,14,15,16). The Morgan fingerprint density at radius 3 is 2.79 bits per heavy atom. The molecule has 0 saturated carbocycles. The van der Waals surface area contributed by atoms with Crippen molar-refractivity contribution in [1.82, 2.24) is 29.7 Å². The van der Waals surface area contributed by atoms with Crippen molar-refractivity contribution in [2.24, 2.45) is 0 Å². The van der Waals surface area contributed by atoms with Gasteiger partial charge in [-0.25, -0.2) is 15.0 Å². The lowest BCUT2D eigenvalue weighted by Crippen LogP contribution is -2.16. The number of nitrogens with one attached hydrogen (secondary N) is 2. The van der Waals surface area contributed by atoms with Crippen LogP contribution < -0.4 is 5.56 Å². The average molecular weight is 323 g/mol. The van der Waals surface area contributed by atoms with E-state index >= 15 is 0 Å². The third-order valence-corrected chi connectivity index (χ3v) is 3.62. The Labute approximate surface area is 116 Å². The molecule has 0 aliphatic heterocycles. The van der Waals surface area contributed by atoms with E-state index in [1.807, 2.05) is 13.8 Å². The van der Waals surface area contributed by atoms with Gasteiger partial charge in [-0.3, -0.25) is 9.89 Å². The van der Waals surface area contributed by atoms with Crippen LogP contribution in [0.2, 0.25) is 0 Å². The maximum atomic E-state index is 12.3. The zero-order valence-electron chi connectivity index (χ0n) is 10.3. The van der Waals surface area contributed by atoms with E-state index in [9.17, 15) is 4.79 Å². The van der Waals surface area contributed by atoms with Gasteiger partial charge < -0.3 is 4.98 Å². The molecule has 3 aromatic heterocycles. The molecule has 3 heterocycles. The highest BCUT2D eigenvalue weighted by molar-refractivity contribution is 9.10. The molecule has 8 heteroatoms. The van der Waals surface area contributed by atoms with Gasteiger partial charge in [-0.1, -0.05) is 13.8 Å². The van der Waals surface area contributed by atoms with Gasteiger partial charge in [0, 0.05) is 0 Å². The molecule has 2 N–H and O–H groups in total. The second-order valence-electron chi connectivity index (χ2n) is 4.43. The molecule has 0 aliphatic rings. The summed E-state index contributed by atoms with van der Waals surface area (Å²) in [6, 6.07) is 0. The molecule has 0 bridgehead atoms. The number of aromatic amines is 2. The molecule has 0 aromatic carbocycles. The fourth-order valence-electron chi connectivity index (χ4n) is 1.89. The molecule has 0 spiro atoms. The van der Waals surface area contributed by atoms with Crippen molar-refractivity contribution >= 4 is 27.1 Å². The molecule has 3 rings (SSSR count). The van der Waals surface area contributed by atoms with Crippen molar-refractivity contribution in [3.05, 3.63) is 33.2 Å². The number of nitrogens with zero attached hydrogens (tertiary/aromatic N) is 4. The van der Waals surface area contributed by atoms with Crippen molar-refractivity contribution in [2.75, 3.05) is 0 Å². The van der Waals surface area contributed by atoms with E-state index in [0.717, 1.165) is 5.69 Å². The van der Waals surface area contributed by atoms with Crippen molar-refractivity contribution in [2.45, 2.75) is 19.8 Å². The number of aromatic nitrogens is 6. The maximum Gasteiger partial charge on any atom is 0.287 e. The van der Waals surface area contributed by atoms with Crippen molar-refractivity contribution in [3.63, 3.8) is 0 Å². The second kappa shape index (κ2) is 4.30. The zero-order chi connectivity index (χ0) is 13.6. The summed E-state index contributed by atoms with van der Waals surface area (Å²) in [4.78, 5) is 27.4. The Morgan fingerprint density at radius 2 is 2.11 bits per heavy atom. The molecule has 0 amide bonds. The molecular weight excluding hydrogens is 312 g/mol. The van der Waals surface area contributed by atoms with Gasteiger partial charge in [-0.2, -0.15) is 4.68 Å². The molecule has 0 aliphatic carbocycles. The monoisotopic (exact) mass is 322 g/mol. The average Bonchev–Trinajstić information content (AvgIpc) is 2.96. The number of H-pyrrole nitrogens is 2. The van der Waals surface area contributed by atoms with E-state index < -0.39 is 0 Å². The van der Waals surface area contributed by atoms with Crippen LogP contribution in [-0.2, 0) is 0 Å². The summed E-state index contributed by atoms with van der Waals surface area (Å²) in [5.41, 5.74) is 1.79. The number of imidazole rings is 1. The first-order valence-electron chi connectivity index (χ1n) is 5.74. The number of hydrogen-bond donors (Lipinski definition) is 2. The summed E-state index contributed by atoms with van der Waals surface area (Å²) in [5, 5.41) is 3.07. The molecule has 7 nitrogen and oxygen atoms in total. The number of fused-ring (bicyclic) bond motifs is 1. The minimum atomic E-state index is -0.182. The summed E-state index contributed by atoms with van der Waals surface area (Å²) in [7, 11) is 0. The van der Waals surface area contributed by atoms with E-state index in [0.29, 0.717) is 21.5 Å². The van der Waals surface area contributed by atoms with Gasteiger partial charge in [0.25, 0.3) is 5.56 Å². The van der Waals surface area contributed by atoms with Gasteiger partial charge in [-0.05, 0) is 21.8 Å². The lowest BCUT2D eigenvalue weighted by Gasteiger charge is -2.03. The van der Waals surface area contributed by atoms with Gasteiger partial charge in [0.2, 0.25) is 0 Å². The predicted molar refractivity (Wildman–Crippen MR) is 73.4 cm³/mol. The topological polar surface area (TPSA) is 92.2 Å². The van der Waals surface area contributed by atoms with Crippen LogP contribution in [0.15, 0.2) is 21.9 Å². The summed E-state index contributed by atoms with van der Waals surface area (Å²) in [6.45, 7) is 4.01. The van der Waals surface area contributed by atoms with E-state index in [-0.39, 0.29) is 11.5 Å². The van der Waals surface area contributed by atoms with E-state index in [2.05, 4.69) is 41.0 Å². The Bertz CT molecular complexity index is 799. The molecule has 0 saturated heterocycles. The number of hydrogen-bond acceptors (Lipinski definition) is 4. The third kappa shape index (κ3) is 1.79. The van der Waals surface area contributed by atoms with Crippen LogP contribution in [-0.4, -0.2) is 29.7 Å². The highest BCUT2D eigenvalue weighted by atomic mass is 79.9. The lowest BCUT2D eigenvalue weighted by atomic mass is 10.1. The van der Waals surface area contributed by atoms with Gasteiger partial charge in [0.15, 0.2) is 11.5 Å². The number of halogens is 1. The highest BCUT2D eigenvalue weighted by Gasteiger charge is 2.18. The normalized spacial score (nSPS) is 11.6. The Hall–Kier alpha value is -1.96. The molecular formula is C11H11BrN6O. The van der Waals surface area contributed by atoms with Crippen molar-refractivity contribution in [3.8, 4) is 5.82 Å². The summed E-state index contributed by atoms with van der Waals surface area (Å²) in [5.74, 6) is 0.655. The van der Waals surface area contributed by atoms with Crippen LogP contribution in [0.4, 0.5) is 0 Å². The fraction of sp³-hybridized carbons (Fsp3) is 0.273. The van der Waals surface area contributed by atoms with Crippen molar-refractivity contribution < 1.29 is 0 Å². The second-order valence-corrected chi connectivity index (χ2v) is 5.23. The minimum absolute atomic E-state index is 0.182. The summed E-state index contributed by atoms with van der Waals surface area (Å²) < 4.78 is 1.91. The Morgan fingerprint density at radius 1 is 1.32 bits per heavy atom. The molecule has 0 radical (unpaired) electrons. The zero-order valence-corrected chi connectivity index (χ0v) is 11.9. The van der Waals surface area contributed by atoms with Crippen LogP contribution in [0.25, 0.3) is 17.0 Å². The quantitative estimate of drug-likeness (QED) is 0.751. The van der Waals surface area contributed by atoms with Gasteiger partial charge >= 0.3 is 0 Å². The molecule has 3 aromatic rings. The van der Waals surface area contributed by atoms with E-state index in [4.69, 9.17) is 0 Å². The lowest BCUT2D eigenvalue weighted by molar-refractivity contribution is 0.749. The van der Waals surface area contributed by atoms with Crippen LogP contribution >= 0.6 is 15.9 Å². The summed E-state index contributed by atoms with van der Waals surface area (Å²) >= 11 is 3.32. The summed E-state index contributed by atoms with van der Waals surface area (Å²) in [6.07, 6.45) is 2.91. The van der Waals surface area contributed by atoms with Crippen LogP contribution in [0.1, 0.15) is 25.5 Å². The van der Waals surface area contributed by atoms with Crippen molar-refractivity contribution in [1.29, 1.82) is 0 Å². The molecule has 0 fully saturated rings. The molecule has 0 unspecified atom stereocenters. The van der Waals surface area contributed by atoms with Gasteiger partial charge in [0.05, 0.1) is 12.0 Å². The SMILES string of the molecule is CC(C)c1[nH]n(-c2ncnc3nc[nH]c23)c(=O)c1Br. The van der Waals surface area contributed by atoms with E-state index in [1.165, 1.54) is 17.3 Å².